The highest BCUT2D eigenvalue weighted by Gasteiger charge is 2.04. The van der Waals surface area contributed by atoms with Gasteiger partial charge in [-0.3, -0.25) is 0 Å². The molecule has 3 rings (SSSR count). The summed E-state index contributed by atoms with van der Waals surface area (Å²) in [5.41, 5.74) is 9.49. The van der Waals surface area contributed by atoms with E-state index < -0.39 is 0 Å². The van der Waals surface area contributed by atoms with Gasteiger partial charge in [0.2, 0.25) is 5.95 Å². The number of hydrazone groups is 1. The van der Waals surface area contributed by atoms with E-state index in [0.717, 1.165) is 22.3 Å². The smallest absolute Gasteiger partial charge is 0.222 e. The Kier molecular flexibility index (Phi) is 3.44. The number of nitrogens with zero attached hydrogens (tertiary/aromatic N) is 2. The van der Waals surface area contributed by atoms with E-state index in [1.807, 2.05) is 31.2 Å². The summed E-state index contributed by atoms with van der Waals surface area (Å²) in [7, 11) is 0. The second kappa shape index (κ2) is 5.40. The first-order chi connectivity index (χ1) is 10.1. The standard InChI is InChI=1S/C17H18N4/c1-11-8-9-14(12(2)10-11)13(3)20-21-17-18-15-6-4-5-7-16(15)19-17/h4-10H,1-3H3,(H2,18,19,21)/b20-13+. The molecule has 0 bridgehead atoms. The third-order valence-electron chi connectivity index (χ3n) is 3.49. The number of aromatic nitrogens is 2. The largest absolute Gasteiger partial charge is 0.323 e. The molecule has 4 nitrogen and oxygen atoms in total. The number of rotatable bonds is 3. The van der Waals surface area contributed by atoms with Gasteiger partial charge in [0.1, 0.15) is 0 Å². The molecule has 4 heteroatoms. The minimum Gasteiger partial charge on any atom is -0.323 e. The molecule has 0 radical (unpaired) electrons. The summed E-state index contributed by atoms with van der Waals surface area (Å²) in [6, 6.07) is 14.3. The number of imidazole rings is 1. The monoisotopic (exact) mass is 278 g/mol. The molecule has 0 saturated carbocycles. The minimum atomic E-state index is 0.653. The van der Waals surface area contributed by atoms with Crippen molar-refractivity contribution in [1.29, 1.82) is 0 Å². The topological polar surface area (TPSA) is 53.1 Å². The molecule has 1 heterocycles. The van der Waals surface area contributed by atoms with Gasteiger partial charge in [0.05, 0.1) is 16.7 Å². The quantitative estimate of drug-likeness (QED) is 0.561. The molecule has 0 aliphatic carbocycles. The molecule has 2 aromatic carbocycles. The van der Waals surface area contributed by atoms with Crippen LogP contribution >= 0.6 is 0 Å². The maximum atomic E-state index is 4.44. The number of anilines is 1. The summed E-state index contributed by atoms with van der Waals surface area (Å²) >= 11 is 0. The van der Waals surface area contributed by atoms with Gasteiger partial charge in [-0.15, -0.1) is 0 Å². The number of benzene rings is 2. The molecular formula is C17H18N4. The Morgan fingerprint density at radius 1 is 1.14 bits per heavy atom. The lowest BCUT2D eigenvalue weighted by molar-refractivity contribution is 1.20. The second-order valence-electron chi connectivity index (χ2n) is 5.23. The van der Waals surface area contributed by atoms with Crippen LogP contribution in [0.25, 0.3) is 11.0 Å². The summed E-state index contributed by atoms with van der Waals surface area (Å²) in [4.78, 5) is 7.64. The molecule has 0 aliphatic heterocycles. The first-order valence-electron chi connectivity index (χ1n) is 6.96. The van der Waals surface area contributed by atoms with E-state index in [4.69, 9.17) is 0 Å². The molecule has 0 saturated heterocycles. The molecule has 21 heavy (non-hydrogen) atoms. The fraction of sp³-hybridized carbons (Fsp3) is 0.176. The molecule has 106 valence electrons. The molecule has 1 aromatic heterocycles. The lowest BCUT2D eigenvalue weighted by Gasteiger charge is -2.06. The zero-order chi connectivity index (χ0) is 14.8. The Hall–Kier alpha value is -2.62. The third-order valence-corrected chi connectivity index (χ3v) is 3.49. The van der Waals surface area contributed by atoms with Crippen LogP contribution in [-0.2, 0) is 0 Å². The average Bonchev–Trinajstić information content (AvgIpc) is 2.87. The van der Waals surface area contributed by atoms with Crippen molar-refractivity contribution >= 4 is 22.7 Å². The Bertz CT molecular complexity index is 782. The number of aryl methyl sites for hydroxylation is 2. The lowest BCUT2D eigenvalue weighted by atomic mass is 10.0. The average molecular weight is 278 g/mol. The zero-order valence-electron chi connectivity index (χ0n) is 12.4. The van der Waals surface area contributed by atoms with Gasteiger partial charge in [-0.2, -0.15) is 5.10 Å². The van der Waals surface area contributed by atoms with E-state index in [1.165, 1.54) is 11.1 Å². The maximum Gasteiger partial charge on any atom is 0.222 e. The van der Waals surface area contributed by atoms with Crippen LogP contribution in [0, 0.1) is 13.8 Å². The van der Waals surface area contributed by atoms with E-state index in [2.05, 4.69) is 52.5 Å². The maximum absolute atomic E-state index is 4.44. The van der Waals surface area contributed by atoms with Crippen molar-refractivity contribution in [3.63, 3.8) is 0 Å². The fourth-order valence-corrected chi connectivity index (χ4v) is 2.42. The highest BCUT2D eigenvalue weighted by atomic mass is 15.4. The minimum absolute atomic E-state index is 0.653. The summed E-state index contributed by atoms with van der Waals surface area (Å²) < 4.78 is 0. The summed E-state index contributed by atoms with van der Waals surface area (Å²) in [5.74, 6) is 0.653. The Morgan fingerprint density at radius 3 is 2.71 bits per heavy atom. The Morgan fingerprint density at radius 2 is 1.95 bits per heavy atom. The SMILES string of the molecule is C/C(=N\Nc1nc2ccccc2[nH]1)c1ccc(C)cc1C. The van der Waals surface area contributed by atoms with Gasteiger partial charge in [-0.05, 0) is 38.5 Å². The number of hydrogen-bond acceptors (Lipinski definition) is 3. The van der Waals surface area contributed by atoms with Crippen molar-refractivity contribution in [2.75, 3.05) is 5.43 Å². The number of aromatic amines is 1. The number of nitrogens with one attached hydrogen (secondary N) is 2. The fourth-order valence-electron chi connectivity index (χ4n) is 2.42. The van der Waals surface area contributed by atoms with Gasteiger partial charge < -0.3 is 4.98 Å². The van der Waals surface area contributed by atoms with Crippen molar-refractivity contribution in [3.8, 4) is 0 Å². The van der Waals surface area contributed by atoms with Crippen LogP contribution < -0.4 is 5.43 Å². The molecule has 2 N–H and O–H groups in total. The molecule has 3 aromatic rings. The molecule has 0 fully saturated rings. The Labute approximate surface area is 123 Å². The summed E-state index contributed by atoms with van der Waals surface area (Å²) in [6.07, 6.45) is 0. The molecule has 0 aliphatic rings. The van der Waals surface area contributed by atoms with Crippen LogP contribution in [-0.4, -0.2) is 15.7 Å². The molecule has 0 amide bonds. The van der Waals surface area contributed by atoms with Crippen LogP contribution in [0.1, 0.15) is 23.6 Å². The lowest BCUT2D eigenvalue weighted by Crippen LogP contribution is -2.02. The predicted molar refractivity (Wildman–Crippen MR) is 87.8 cm³/mol. The van der Waals surface area contributed by atoms with Gasteiger partial charge in [-0.1, -0.05) is 35.9 Å². The van der Waals surface area contributed by atoms with Crippen LogP contribution in [0.2, 0.25) is 0 Å². The highest BCUT2D eigenvalue weighted by molar-refractivity contribution is 6.00. The van der Waals surface area contributed by atoms with Gasteiger partial charge in [0.15, 0.2) is 0 Å². The van der Waals surface area contributed by atoms with E-state index in [-0.39, 0.29) is 0 Å². The third kappa shape index (κ3) is 2.79. The van der Waals surface area contributed by atoms with Crippen molar-refractivity contribution in [3.05, 3.63) is 59.2 Å². The first kappa shape index (κ1) is 13.4. The molecular weight excluding hydrogens is 260 g/mol. The van der Waals surface area contributed by atoms with Gasteiger partial charge in [0, 0.05) is 5.56 Å². The first-order valence-corrected chi connectivity index (χ1v) is 6.96. The Balaban J connectivity index is 1.84. The van der Waals surface area contributed by atoms with E-state index in [9.17, 15) is 0 Å². The van der Waals surface area contributed by atoms with Crippen molar-refractivity contribution in [1.82, 2.24) is 9.97 Å². The van der Waals surface area contributed by atoms with Crippen LogP contribution in [0.15, 0.2) is 47.6 Å². The summed E-state index contributed by atoms with van der Waals surface area (Å²) in [6.45, 7) is 6.19. The summed E-state index contributed by atoms with van der Waals surface area (Å²) in [5, 5.41) is 4.42. The predicted octanol–water partition coefficient (Wildman–Crippen LogP) is 4.02. The highest BCUT2D eigenvalue weighted by Crippen LogP contribution is 2.14. The van der Waals surface area contributed by atoms with E-state index >= 15 is 0 Å². The van der Waals surface area contributed by atoms with E-state index in [0.29, 0.717) is 5.95 Å². The molecule has 0 unspecified atom stereocenters. The van der Waals surface area contributed by atoms with E-state index in [1.54, 1.807) is 0 Å². The number of fused-ring (bicyclic) bond motifs is 1. The number of para-hydroxylation sites is 2. The van der Waals surface area contributed by atoms with Crippen LogP contribution in [0.3, 0.4) is 0 Å². The van der Waals surface area contributed by atoms with Gasteiger partial charge >= 0.3 is 0 Å². The normalized spacial score (nSPS) is 11.9. The number of hydrogen-bond donors (Lipinski definition) is 2. The second-order valence-corrected chi connectivity index (χ2v) is 5.23. The molecule has 0 atom stereocenters. The zero-order valence-corrected chi connectivity index (χ0v) is 12.4. The molecule has 0 spiro atoms. The van der Waals surface area contributed by atoms with Crippen molar-refractivity contribution in [2.45, 2.75) is 20.8 Å². The van der Waals surface area contributed by atoms with Crippen molar-refractivity contribution in [2.24, 2.45) is 5.10 Å². The van der Waals surface area contributed by atoms with Crippen LogP contribution in [0.4, 0.5) is 5.95 Å². The van der Waals surface area contributed by atoms with Gasteiger partial charge in [-0.25, -0.2) is 10.4 Å². The van der Waals surface area contributed by atoms with Crippen LogP contribution in [0.5, 0.6) is 0 Å². The van der Waals surface area contributed by atoms with Gasteiger partial charge in [0.25, 0.3) is 0 Å². The number of H-pyrrole nitrogens is 1. The van der Waals surface area contributed by atoms with Crippen molar-refractivity contribution < 1.29 is 0 Å².